The van der Waals surface area contributed by atoms with Gasteiger partial charge in [-0.05, 0) is 30.7 Å². The largest absolute Gasteiger partial charge is 0.456 e. The SMILES string of the molecule is CC(=O)Nc1c(C)cccc1C(=O)OCc1ccccn1. The lowest BCUT2D eigenvalue weighted by Gasteiger charge is -2.12. The van der Waals surface area contributed by atoms with E-state index in [-0.39, 0.29) is 12.5 Å². The molecule has 1 aromatic heterocycles. The van der Waals surface area contributed by atoms with E-state index in [9.17, 15) is 9.59 Å². The molecule has 21 heavy (non-hydrogen) atoms. The molecular weight excluding hydrogens is 268 g/mol. The van der Waals surface area contributed by atoms with Crippen LogP contribution in [0.2, 0.25) is 0 Å². The fraction of sp³-hybridized carbons (Fsp3) is 0.188. The predicted octanol–water partition coefficient (Wildman–Crippen LogP) is 2.71. The molecule has 0 unspecified atom stereocenters. The molecule has 0 bridgehead atoms. The average Bonchev–Trinajstić information content (AvgIpc) is 2.47. The monoisotopic (exact) mass is 284 g/mol. The second kappa shape index (κ2) is 6.65. The van der Waals surface area contributed by atoms with Gasteiger partial charge >= 0.3 is 5.97 Å². The Bertz CT molecular complexity index is 654. The van der Waals surface area contributed by atoms with Gasteiger partial charge in [-0.15, -0.1) is 0 Å². The van der Waals surface area contributed by atoms with Crippen LogP contribution in [-0.2, 0) is 16.1 Å². The number of carbonyl (C=O) groups is 2. The number of carbonyl (C=O) groups excluding carboxylic acids is 2. The molecule has 2 rings (SSSR count). The zero-order valence-corrected chi connectivity index (χ0v) is 11.9. The molecule has 0 aliphatic carbocycles. The number of hydrogen-bond donors (Lipinski definition) is 1. The third-order valence-electron chi connectivity index (χ3n) is 2.87. The molecule has 0 fully saturated rings. The molecule has 0 spiro atoms. The van der Waals surface area contributed by atoms with Crippen LogP contribution in [0.1, 0.15) is 28.5 Å². The lowest BCUT2D eigenvalue weighted by Crippen LogP contribution is -2.14. The van der Waals surface area contributed by atoms with Gasteiger partial charge in [0.05, 0.1) is 16.9 Å². The lowest BCUT2D eigenvalue weighted by molar-refractivity contribution is -0.114. The molecule has 0 saturated carbocycles. The Morgan fingerprint density at radius 3 is 2.67 bits per heavy atom. The second-order valence-electron chi connectivity index (χ2n) is 4.58. The maximum atomic E-state index is 12.2. The van der Waals surface area contributed by atoms with Gasteiger partial charge in [-0.2, -0.15) is 0 Å². The minimum absolute atomic E-state index is 0.0904. The molecule has 108 valence electrons. The van der Waals surface area contributed by atoms with Crippen molar-refractivity contribution in [3.8, 4) is 0 Å². The van der Waals surface area contributed by atoms with Gasteiger partial charge in [-0.1, -0.05) is 18.2 Å². The smallest absolute Gasteiger partial charge is 0.340 e. The Labute approximate surface area is 123 Å². The van der Waals surface area contributed by atoms with Crippen LogP contribution in [0.4, 0.5) is 5.69 Å². The quantitative estimate of drug-likeness (QED) is 0.876. The third-order valence-corrected chi connectivity index (χ3v) is 2.87. The molecule has 0 aliphatic rings. The molecule has 2 aromatic rings. The summed E-state index contributed by atoms with van der Waals surface area (Å²) < 4.78 is 5.24. The van der Waals surface area contributed by atoms with E-state index in [0.29, 0.717) is 16.9 Å². The molecule has 0 radical (unpaired) electrons. The molecule has 5 nitrogen and oxygen atoms in total. The molecule has 0 saturated heterocycles. The number of aryl methyl sites for hydroxylation is 1. The molecule has 0 aliphatic heterocycles. The maximum absolute atomic E-state index is 12.2. The molecule has 1 aromatic carbocycles. The van der Waals surface area contributed by atoms with Crippen molar-refractivity contribution in [3.63, 3.8) is 0 Å². The maximum Gasteiger partial charge on any atom is 0.340 e. The van der Waals surface area contributed by atoms with Crippen LogP contribution < -0.4 is 5.32 Å². The summed E-state index contributed by atoms with van der Waals surface area (Å²) in [6.07, 6.45) is 1.64. The van der Waals surface area contributed by atoms with E-state index in [1.54, 1.807) is 30.5 Å². The number of benzene rings is 1. The average molecular weight is 284 g/mol. The van der Waals surface area contributed by atoms with Crippen molar-refractivity contribution in [2.24, 2.45) is 0 Å². The van der Waals surface area contributed by atoms with Crippen molar-refractivity contribution in [1.82, 2.24) is 4.98 Å². The van der Waals surface area contributed by atoms with Crippen LogP contribution >= 0.6 is 0 Å². The number of anilines is 1. The number of hydrogen-bond acceptors (Lipinski definition) is 4. The zero-order valence-electron chi connectivity index (χ0n) is 11.9. The standard InChI is InChI=1S/C16H16N2O3/c1-11-6-5-8-14(15(11)18-12(2)19)16(20)21-10-13-7-3-4-9-17-13/h3-9H,10H2,1-2H3,(H,18,19). The van der Waals surface area contributed by atoms with Crippen molar-refractivity contribution in [2.45, 2.75) is 20.5 Å². The first kappa shape index (κ1) is 14.7. The first-order valence-electron chi connectivity index (χ1n) is 6.52. The number of rotatable bonds is 4. The fourth-order valence-corrected chi connectivity index (χ4v) is 1.88. The van der Waals surface area contributed by atoms with E-state index in [2.05, 4.69) is 10.3 Å². The van der Waals surface area contributed by atoms with Gasteiger partial charge in [-0.25, -0.2) is 4.79 Å². The van der Waals surface area contributed by atoms with Crippen LogP contribution in [-0.4, -0.2) is 16.9 Å². The van der Waals surface area contributed by atoms with Crippen LogP contribution in [0, 0.1) is 6.92 Å². The Kier molecular flexibility index (Phi) is 4.66. The minimum atomic E-state index is -0.492. The highest BCUT2D eigenvalue weighted by Gasteiger charge is 2.15. The van der Waals surface area contributed by atoms with Crippen LogP contribution in [0.3, 0.4) is 0 Å². The van der Waals surface area contributed by atoms with E-state index in [1.165, 1.54) is 6.92 Å². The van der Waals surface area contributed by atoms with E-state index in [0.717, 1.165) is 5.56 Å². The Balaban J connectivity index is 2.15. The molecular formula is C16H16N2O3. The predicted molar refractivity (Wildman–Crippen MR) is 78.8 cm³/mol. The van der Waals surface area contributed by atoms with Gasteiger partial charge in [0.1, 0.15) is 6.61 Å². The van der Waals surface area contributed by atoms with Gasteiger partial charge in [0.15, 0.2) is 0 Å². The van der Waals surface area contributed by atoms with Crippen molar-refractivity contribution < 1.29 is 14.3 Å². The first-order valence-corrected chi connectivity index (χ1v) is 6.52. The Morgan fingerprint density at radius 2 is 2.00 bits per heavy atom. The van der Waals surface area contributed by atoms with Crippen LogP contribution in [0.15, 0.2) is 42.6 Å². The number of aromatic nitrogens is 1. The number of pyridine rings is 1. The molecule has 1 N–H and O–H groups in total. The number of ether oxygens (including phenoxy) is 1. The highest BCUT2D eigenvalue weighted by Crippen LogP contribution is 2.21. The van der Waals surface area contributed by atoms with Crippen molar-refractivity contribution in [2.75, 3.05) is 5.32 Å². The van der Waals surface area contributed by atoms with E-state index >= 15 is 0 Å². The summed E-state index contributed by atoms with van der Waals surface area (Å²) in [5.74, 6) is -0.726. The number of esters is 1. The number of amides is 1. The summed E-state index contributed by atoms with van der Waals surface area (Å²) in [6.45, 7) is 3.31. The minimum Gasteiger partial charge on any atom is -0.456 e. The topological polar surface area (TPSA) is 68.3 Å². The van der Waals surface area contributed by atoms with Gasteiger partial charge in [0.25, 0.3) is 0 Å². The zero-order chi connectivity index (χ0) is 15.2. The summed E-state index contributed by atoms with van der Waals surface area (Å²) >= 11 is 0. The molecule has 1 amide bonds. The first-order chi connectivity index (χ1) is 10.1. The highest BCUT2D eigenvalue weighted by atomic mass is 16.5. The van der Waals surface area contributed by atoms with Crippen molar-refractivity contribution in [3.05, 3.63) is 59.4 Å². The molecule has 5 heteroatoms. The molecule has 0 atom stereocenters. The van der Waals surface area contributed by atoms with Crippen molar-refractivity contribution >= 4 is 17.6 Å². The molecule has 1 heterocycles. The summed E-state index contributed by atoms with van der Waals surface area (Å²) in [6, 6.07) is 10.6. The number of nitrogens with zero attached hydrogens (tertiary/aromatic N) is 1. The fourth-order valence-electron chi connectivity index (χ4n) is 1.88. The lowest BCUT2D eigenvalue weighted by atomic mass is 10.1. The summed E-state index contributed by atoms with van der Waals surface area (Å²) in [4.78, 5) is 27.5. The number of para-hydroxylation sites is 1. The van der Waals surface area contributed by atoms with Crippen LogP contribution in [0.5, 0.6) is 0 Å². The Morgan fingerprint density at radius 1 is 1.19 bits per heavy atom. The van der Waals surface area contributed by atoms with Gasteiger partial charge in [0, 0.05) is 13.1 Å². The van der Waals surface area contributed by atoms with Gasteiger partial charge < -0.3 is 10.1 Å². The van der Waals surface area contributed by atoms with E-state index < -0.39 is 5.97 Å². The Hall–Kier alpha value is -2.69. The van der Waals surface area contributed by atoms with Crippen LogP contribution in [0.25, 0.3) is 0 Å². The second-order valence-corrected chi connectivity index (χ2v) is 4.58. The summed E-state index contributed by atoms with van der Waals surface area (Å²) in [5.41, 5.74) is 2.29. The van der Waals surface area contributed by atoms with E-state index in [4.69, 9.17) is 4.74 Å². The van der Waals surface area contributed by atoms with Gasteiger partial charge in [0.2, 0.25) is 5.91 Å². The summed E-state index contributed by atoms with van der Waals surface area (Å²) in [7, 11) is 0. The van der Waals surface area contributed by atoms with E-state index in [1.807, 2.05) is 19.1 Å². The number of nitrogens with one attached hydrogen (secondary N) is 1. The summed E-state index contributed by atoms with van der Waals surface area (Å²) in [5, 5.41) is 2.67. The normalized spacial score (nSPS) is 10.0. The third kappa shape index (κ3) is 3.89. The van der Waals surface area contributed by atoms with Gasteiger partial charge in [-0.3, -0.25) is 9.78 Å². The van der Waals surface area contributed by atoms with Crippen molar-refractivity contribution in [1.29, 1.82) is 0 Å². The highest BCUT2D eigenvalue weighted by molar-refractivity contribution is 6.01.